The maximum atomic E-state index is 12.9. The van der Waals surface area contributed by atoms with Gasteiger partial charge in [-0.2, -0.15) is 0 Å². The Balaban J connectivity index is 1.72. The predicted molar refractivity (Wildman–Crippen MR) is 104 cm³/mol. The molecule has 4 rings (SSSR count). The van der Waals surface area contributed by atoms with Gasteiger partial charge in [0.15, 0.2) is 5.78 Å². The van der Waals surface area contributed by atoms with Gasteiger partial charge in [0.2, 0.25) is 0 Å². The molecule has 0 aliphatic carbocycles. The summed E-state index contributed by atoms with van der Waals surface area (Å²) in [6.45, 7) is 7.75. The van der Waals surface area contributed by atoms with Crippen LogP contribution in [0.15, 0.2) is 18.3 Å². The van der Waals surface area contributed by atoms with E-state index in [9.17, 15) is 9.59 Å². The molecular formula is C20H24N4O4. The van der Waals surface area contributed by atoms with Crippen LogP contribution in [-0.4, -0.2) is 78.7 Å². The third-order valence-corrected chi connectivity index (χ3v) is 5.12. The van der Waals surface area contributed by atoms with Crippen molar-refractivity contribution in [1.29, 1.82) is 0 Å². The van der Waals surface area contributed by atoms with Crippen LogP contribution in [0.4, 0.5) is 5.82 Å². The molecule has 1 amide bonds. The normalized spacial score (nSPS) is 20.4. The molecule has 8 heteroatoms. The highest BCUT2D eigenvalue weighted by Gasteiger charge is 2.23. The minimum absolute atomic E-state index is 0.111. The molecule has 1 atom stereocenters. The molecule has 0 spiro atoms. The number of amides is 1. The lowest BCUT2D eigenvalue weighted by molar-refractivity contribution is 0.0303. The number of fused-ring (bicyclic) bond motifs is 1. The molecule has 2 saturated heterocycles. The highest BCUT2D eigenvalue weighted by Crippen LogP contribution is 2.24. The fraction of sp³-hybridized carbons (Fsp3) is 0.500. The van der Waals surface area contributed by atoms with Crippen molar-refractivity contribution in [3.8, 4) is 0 Å². The zero-order valence-corrected chi connectivity index (χ0v) is 16.2. The van der Waals surface area contributed by atoms with E-state index in [2.05, 4.69) is 9.88 Å². The average molecular weight is 384 g/mol. The van der Waals surface area contributed by atoms with E-state index in [4.69, 9.17) is 14.5 Å². The van der Waals surface area contributed by atoms with Gasteiger partial charge in [0.25, 0.3) is 5.91 Å². The summed E-state index contributed by atoms with van der Waals surface area (Å²) in [6.07, 6.45) is 1.82. The van der Waals surface area contributed by atoms with Crippen molar-refractivity contribution in [3.05, 3.63) is 29.5 Å². The first-order valence-corrected chi connectivity index (χ1v) is 9.58. The van der Waals surface area contributed by atoms with Gasteiger partial charge in [-0.3, -0.25) is 14.6 Å². The maximum absolute atomic E-state index is 12.9. The first kappa shape index (κ1) is 18.8. The van der Waals surface area contributed by atoms with Gasteiger partial charge in [-0.15, -0.1) is 0 Å². The lowest BCUT2D eigenvalue weighted by Gasteiger charge is -2.32. The number of hydrogen-bond acceptors (Lipinski definition) is 7. The predicted octanol–water partition coefficient (Wildman–Crippen LogP) is 1.53. The Hall–Kier alpha value is -2.58. The Kier molecular flexibility index (Phi) is 5.23. The van der Waals surface area contributed by atoms with Crippen LogP contribution in [0.5, 0.6) is 0 Å². The summed E-state index contributed by atoms with van der Waals surface area (Å²) in [5.74, 6) is 0.474. The second kappa shape index (κ2) is 7.81. The number of aromatic nitrogens is 2. The third-order valence-electron chi connectivity index (χ3n) is 5.12. The summed E-state index contributed by atoms with van der Waals surface area (Å²) in [7, 11) is 0. The molecular weight excluding hydrogens is 360 g/mol. The highest BCUT2D eigenvalue weighted by atomic mass is 16.5. The largest absolute Gasteiger partial charge is 0.378 e. The Morgan fingerprint density at radius 2 is 1.93 bits per heavy atom. The molecule has 148 valence electrons. The molecule has 0 N–H and O–H groups in total. The first-order chi connectivity index (χ1) is 13.5. The number of rotatable bonds is 3. The summed E-state index contributed by atoms with van der Waals surface area (Å²) in [5.41, 5.74) is 1.96. The van der Waals surface area contributed by atoms with Gasteiger partial charge >= 0.3 is 0 Å². The number of benzene rings is 1. The summed E-state index contributed by atoms with van der Waals surface area (Å²) in [4.78, 5) is 38.2. The number of hydrogen-bond donors (Lipinski definition) is 0. The van der Waals surface area contributed by atoms with Crippen molar-refractivity contribution in [2.75, 3.05) is 50.9 Å². The van der Waals surface area contributed by atoms with Gasteiger partial charge in [-0.05, 0) is 26.0 Å². The molecule has 28 heavy (non-hydrogen) atoms. The van der Waals surface area contributed by atoms with E-state index in [0.717, 1.165) is 18.9 Å². The number of Topliss-reactive ketones (excluding diaryl/α,β-unsaturated/α-hetero) is 1. The average Bonchev–Trinajstić information content (AvgIpc) is 2.72. The molecule has 0 unspecified atom stereocenters. The van der Waals surface area contributed by atoms with Gasteiger partial charge in [0.1, 0.15) is 11.3 Å². The molecule has 1 aromatic heterocycles. The van der Waals surface area contributed by atoms with E-state index in [-0.39, 0.29) is 17.8 Å². The van der Waals surface area contributed by atoms with Crippen molar-refractivity contribution >= 4 is 28.5 Å². The Morgan fingerprint density at radius 1 is 1.14 bits per heavy atom. The quantitative estimate of drug-likeness (QED) is 0.742. The zero-order valence-electron chi connectivity index (χ0n) is 16.2. The van der Waals surface area contributed by atoms with Crippen LogP contribution >= 0.6 is 0 Å². The lowest BCUT2D eigenvalue weighted by atomic mass is 10.0. The standard InChI is InChI=1S/C20H24N4O4/c1-13-12-24(5-8-28-13)18-11-21-17-10-15(9-16(14(2)25)19(17)22-18)20(26)23-3-6-27-7-4-23/h9-11,13H,3-8,12H2,1-2H3/t13-/m1/s1. The van der Waals surface area contributed by atoms with Crippen molar-refractivity contribution in [2.24, 2.45) is 0 Å². The topological polar surface area (TPSA) is 84.9 Å². The number of nitrogens with zero attached hydrogens (tertiary/aromatic N) is 4. The Morgan fingerprint density at radius 3 is 2.64 bits per heavy atom. The zero-order chi connectivity index (χ0) is 19.7. The van der Waals surface area contributed by atoms with E-state index in [1.807, 2.05) is 6.92 Å². The van der Waals surface area contributed by atoms with Crippen LogP contribution in [0, 0.1) is 0 Å². The molecule has 3 heterocycles. The smallest absolute Gasteiger partial charge is 0.254 e. The van der Waals surface area contributed by atoms with Gasteiger partial charge in [-0.25, -0.2) is 4.98 Å². The molecule has 1 aromatic carbocycles. The second-order valence-corrected chi connectivity index (χ2v) is 7.21. The summed E-state index contributed by atoms with van der Waals surface area (Å²) in [6, 6.07) is 3.36. The van der Waals surface area contributed by atoms with Crippen molar-refractivity contribution < 1.29 is 19.1 Å². The van der Waals surface area contributed by atoms with Crippen LogP contribution in [0.1, 0.15) is 34.6 Å². The maximum Gasteiger partial charge on any atom is 0.254 e. The lowest BCUT2D eigenvalue weighted by Crippen LogP contribution is -2.41. The SMILES string of the molecule is CC(=O)c1cc(C(=O)N2CCOCC2)cc2ncc(N3CCO[C@H](C)C3)nc12. The van der Waals surface area contributed by atoms with Crippen LogP contribution in [0.2, 0.25) is 0 Å². The number of ether oxygens (including phenoxy) is 2. The molecule has 0 radical (unpaired) electrons. The number of anilines is 1. The Bertz CT molecular complexity index is 910. The molecule has 2 fully saturated rings. The van der Waals surface area contributed by atoms with Crippen molar-refractivity contribution in [1.82, 2.24) is 14.9 Å². The minimum atomic E-state index is -0.136. The van der Waals surface area contributed by atoms with E-state index in [0.29, 0.717) is 55.1 Å². The van der Waals surface area contributed by atoms with Crippen molar-refractivity contribution in [2.45, 2.75) is 20.0 Å². The number of morpholine rings is 2. The molecule has 0 bridgehead atoms. The molecule has 2 aromatic rings. The Labute approximate surface area is 163 Å². The fourth-order valence-corrected chi connectivity index (χ4v) is 3.63. The van der Waals surface area contributed by atoms with Crippen LogP contribution in [0.25, 0.3) is 11.0 Å². The highest BCUT2D eigenvalue weighted by molar-refractivity contribution is 6.08. The second-order valence-electron chi connectivity index (χ2n) is 7.21. The summed E-state index contributed by atoms with van der Waals surface area (Å²) in [5, 5.41) is 0. The van der Waals surface area contributed by atoms with E-state index in [1.54, 1.807) is 23.2 Å². The molecule has 2 aliphatic rings. The number of carbonyl (C=O) groups is 2. The van der Waals surface area contributed by atoms with Gasteiger partial charge in [0, 0.05) is 37.3 Å². The number of carbonyl (C=O) groups excluding carboxylic acids is 2. The van der Waals surface area contributed by atoms with E-state index >= 15 is 0 Å². The van der Waals surface area contributed by atoms with E-state index in [1.165, 1.54) is 6.92 Å². The monoisotopic (exact) mass is 384 g/mol. The fourth-order valence-electron chi connectivity index (χ4n) is 3.63. The number of ketones is 1. The van der Waals surface area contributed by atoms with Crippen LogP contribution < -0.4 is 4.90 Å². The van der Waals surface area contributed by atoms with Crippen LogP contribution in [-0.2, 0) is 9.47 Å². The van der Waals surface area contributed by atoms with E-state index < -0.39 is 0 Å². The van der Waals surface area contributed by atoms with Gasteiger partial charge < -0.3 is 19.3 Å². The van der Waals surface area contributed by atoms with Gasteiger partial charge in [-0.1, -0.05) is 0 Å². The van der Waals surface area contributed by atoms with Crippen molar-refractivity contribution in [3.63, 3.8) is 0 Å². The van der Waals surface area contributed by atoms with Crippen LogP contribution in [0.3, 0.4) is 0 Å². The minimum Gasteiger partial charge on any atom is -0.378 e. The summed E-state index contributed by atoms with van der Waals surface area (Å²) < 4.78 is 10.9. The van der Waals surface area contributed by atoms with Gasteiger partial charge in [0.05, 0.1) is 37.6 Å². The molecule has 8 nitrogen and oxygen atoms in total. The molecule has 0 saturated carbocycles. The third kappa shape index (κ3) is 3.70. The summed E-state index contributed by atoms with van der Waals surface area (Å²) >= 11 is 0. The molecule has 2 aliphatic heterocycles. The first-order valence-electron chi connectivity index (χ1n) is 9.58.